The molecular weight excluding hydrogens is 240 g/mol. The van der Waals surface area contributed by atoms with E-state index in [-0.39, 0.29) is 18.6 Å². The molecular formula is C15H18N2O2. The van der Waals surface area contributed by atoms with Gasteiger partial charge in [0.1, 0.15) is 0 Å². The normalized spacial score (nSPS) is 12.3. The van der Waals surface area contributed by atoms with Crippen LogP contribution in [0.3, 0.4) is 0 Å². The first-order valence-corrected chi connectivity index (χ1v) is 6.35. The summed E-state index contributed by atoms with van der Waals surface area (Å²) in [6.07, 6.45) is 0.676. The Morgan fingerprint density at radius 2 is 1.95 bits per heavy atom. The van der Waals surface area contributed by atoms with Gasteiger partial charge in [-0.15, -0.1) is 0 Å². The van der Waals surface area contributed by atoms with Crippen molar-refractivity contribution in [3.05, 3.63) is 42.0 Å². The molecule has 0 fully saturated rings. The van der Waals surface area contributed by atoms with Crippen LogP contribution >= 0.6 is 0 Å². The number of benzene rings is 2. The second kappa shape index (κ2) is 5.71. The van der Waals surface area contributed by atoms with Gasteiger partial charge in [-0.2, -0.15) is 0 Å². The van der Waals surface area contributed by atoms with Gasteiger partial charge < -0.3 is 16.2 Å². The van der Waals surface area contributed by atoms with Gasteiger partial charge in [0, 0.05) is 5.69 Å². The Bertz CT molecular complexity index is 592. The van der Waals surface area contributed by atoms with Crippen LogP contribution in [0, 0.1) is 0 Å². The Hall–Kier alpha value is -2.07. The molecule has 0 aliphatic rings. The lowest BCUT2D eigenvalue weighted by molar-refractivity contribution is 0.0916. The second-order valence-corrected chi connectivity index (χ2v) is 4.55. The molecule has 0 saturated heterocycles. The van der Waals surface area contributed by atoms with Crippen LogP contribution in [-0.2, 0) is 0 Å². The SMILES string of the molecule is CC[C@@H](CO)NC(=O)c1cc2ccccc2cc1N. The van der Waals surface area contributed by atoms with E-state index in [1.807, 2.05) is 31.2 Å². The molecule has 0 bridgehead atoms. The Morgan fingerprint density at radius 3 is 2.53 bits per heavy atom. The number of anilines is 1. The Kier molecular flexibility index (Phi) is 4.02. The zero-order valence-corrected chi connectivity index (χ0v) is 10.9. The van der Waals surface area contributed by atoms with Crippen molar-refractivity contribution < 1.29 is 9.90 Å². The molecule has 0 saturated carbocycles. The lowest BCUT2D eigenvalue weighted by Crippen LogP contribution is -2.37. The first-order chi connectivity index (χ1) is 9.15. The van der Waals surface area contributed by atoms with Crippen LogP contribution in [0.15, 0.2) is 36.4 Å². The summed E-state index contributed by atoms with van der Waals surface area (Å²) in [6.45, 7) is 1.83. The van der Waals surface area contributed by atoms with E-state index in [4.69, 9.17) is 10.8 Å². The van der Waals surface area contributed by atoms with Gasteiger partial charge in [0.2, 0.25) is 0 Å². The molecule has 4 N–H and O–H groups in total. The van der Waals surface area contributed by atoms with Crippen LogP contribution in [0.1, 0.15) is 23.7 Å². The van der Waals surface area contributed by atoms with Crippen LogP contribution in [0.4, 0.5) is 5.69 Å². The molecule has 0 spiro atoms. The fourth-order valence-electron chi connectivity index (χ4n) is 1.99. The van der Waals surface area contributed by atoms with Crippen LogP contribution in [0.2, 0.25) is 0 Å². The highest BCUT2D eigenvalue weighted by Crippen LogP contribution is 2.21. The summed E-state index contributed by atoms with van der Waals surface area (Å²) in [5, 5.41) is 13.9. The molecule has 0 aliphatic heterocycles. The number of aliphatic hydroxyl groups excluding tert-OH is 1. The second-order valence-electron chi connectivity index (χ2n) is 4.55. The van der Waals surface area contributed by atoms with Gasteiger partial charge in [-0.1, -0.05) is 31.2 Å². The number of aliphatic hydroxyl groups is 1. The Balaban J connectivity index is 2.33. The third-order valence-electron chi connectivity index (χ3n) is 3.21. The molecule has 2 aromatic rings. The summed E-state index contributed by atoms with van der Waals surface area (Å²) >= 11 is 0. The lowest BCUT2D eigenvalue weighted by atomic mass is 10.0. The number of nitrogens with two attached hydrogens (primary N) is 1. The van der Waals surface area contributed by atoms with E-state index in [1.165, 1.54) is 0 Å². The third-order valence-corrected chi connectivity index (χ3v) is 3.21. The van der Waals surface area contributed by atoms with Crippen molar-refractivity contribution in [1.29, 1.82) is 0 Å². The fraction of sp³-hybridized carbons (Fsp3) is 0.267. The highest BCUT2D eigenvalue weighted by atomic mass is 16.3. The lowest BCUT2D eigenvalue weighted by Gasteiger charge is -2.15. The first-order valence-electron chi connectivity index (χ1n) is 6.35. The molecule has 2 aromatic carbocycles. The van der Waals surface area contributed by atoms with Gasteiger partial charge in [-0.3, -0.25) is 4.79 Å². The number of hydrogen-bond acceptors (Lipinski definition) is 3. The standard InChI is InChI=1S/C15H18N2O2/c1-2-12(9-18)17-15(19)13-7-10-5-3-4-6-11(10)8-14(13)16/h3-8,12,18H,2,9,16H2,1H3,(H,17,19)/t12-/m0/s1. The summed E-state index contributed by atoms with van der Waals surface area (Å²) in [5.41, 5.74) is 6.82. The number of amides is 1. The Labute approximate surface area is 112 Å². The third kappa shape index (κ3) is 2.85. The van der Waals surface area contributed by atoms with E-state index in [1.54, 1.807) is 12.1 Å². The van der Waals surface area contributed by atoms with Gasteiger partial charge in [0.25, 0.3) is 5.91 Å². The quantitative estimate of drug-likeness (QED) is 0.733. The molecule has 19 heavy (non-hydrogen) atoms. The number of carbonyl (C=O) groups excluding carboxylic acids is 1. The van der Waals surface area contributed by atoms with Crippen LogP contribution < -0.4 is 11.1 Å². The zero-order chi connectivity index (χ0) is 13.8. The molecule has 0 aliphatic carbocycles. The van der Waals surface area contributed by atoms with Crippen molar-refractivity contribution in [3.8, 4) is 0 Å². The minimum atomic E-state index is -0.246. The summed E-state index contributed by atoms with van der Waals surface area (Å²) in [5.74, 6) is -0.246. The molecule has 0 heterocycles. The monoisotopic (exact) mass is 258 g/mol. The number of carbonyl (C=O) groups is 1. The van der Waals surface area contributed by atoms with Gasteiger partial charge in [0.05, 0.1) is 18.2 Å². The van der Waals surface area contributed by atoms with E-state index >= 15 is 0 Å². The minimum Gasteiger partial charge on any atom is -0.398 e. The molecule has 4 nitrogen and oxygen atoms in total. The van der Waals surface area contributed by atoms with Gasteiger partial charge in [-0.05, 0) is 29.3 Å². The molecule has 0 unspecified atom stereocenters. The van der Waals surface area contributed by atoms with E-state index in [0.29, 0.717) is 17.7 Å². The van der Waals surface area contributed by atoms with E-state index in [2.05, 4.69) is 5.32 Å². The van der Waals surface area contributed by atoms with Gasteiger partial charge in [-0.25, -0.2) is 0 Å². The fourth-order valence-corrected chi connectivity index (χ4v) is 1.99. The highest BCUT2D eigenvalue weighted by Gasteiger charge is 2.14. The maximum Gasteiger partial charge on any atom is 0.253 e. The van der Waals surface area contributed by atoms with Crippen LogP contribution in [-0.4, -0.2) is 23.7 Å². The maximum atomic E-state index is 12.1. The molecule has 2 rings (SSSR count). The van der Waals surface area contributed by atoms with E-state index in [0.717, 1.165) is 10.8 Å². The molecule has 100 valence electrons. The van der Waals surface area contributed by atoms with E-state index in [9.17, 15) is 4.79 Å². The zero-order valence-electron chi connectivity index (χ0n) is 10.9. The molecule has 0 aromatic heterocycles. The Morgan fingerprint density at radius 1 is 1.32 bits per heavy atom. The summed E-state index contributed by atoms with van der Waals surface area (Å²) in [4.78, 5) is 12.1. The van der Waals surface area contributed by atoms with Gasteiger partial charge >= 0.3 is 0 Å². The molecule has 4 heteroatoms. The maximum absolute atomic E-state index is 12.1. The number of nitrogens with one attached hydrogen (secondary N) is 1. The van der Waals surface area contributed by atoms with Crippen molar-refractivity contribution in [2.45, 2.75) is 19.4 Å². The molecule has 1 amide bonds. The highest BCUT2D eigenvalue weighted by molar-refractivity contribution is 6.04. The predicted octanol–water partition coefficient (Wildman–Crippen LogP) is 1.92. The smallest absolute Gasteiger partial charge is 0.253 e. The van der Waals surface area contributed by atoms with Crippen molar-refractivity contribution in [2.75, 3.05) is 12.3 Å². The predicted molar refractivity (Wildman–Crippen MR) is 77.0 cm³/mol. The van der Waals surface area contributed by atoms with Crippen molar-refractivity contribution in [1.82, 2.24) is 5.32 Å². The summed E-state index contributed by atoms with van der Waals surface area (Å²) in [7, 11) is 0. The molecule has 1 atom stereocenters. The van der Waals surface area contributed by atoms with Crippen molar-refractivity contribution in [2.24, 2.45) is 0 Å². The topological polar surface area (TPSA) is 75.3 Å². The minimum absolute atomic E-state index is 0.0737. The average Bonchev–Trinajstić information content (AvgIpc) is 2.43. The largest absolute Gasteiger partial charge is 0.398 e. The average molecular weight is 258 g/mol. The van der Waals surface area contributed by atoms with E-state index < -0.39 is 0 Å². The number of fused-ring (bicyclic) bond motifs is 1. The van der Waals surface area contributed by atoms with Crippen LogP contribution in [0.5, 0.6) is 0 Å². The van der Waals surface area contributed by atoms with Gasteiger partial charge in [0.15, 0.2) is 0 Å². The van der Waals surface area contributed by atoms with Crippen LogP contribution in [0.25, 0.3) is 10.8 Å². The number of nitrogen functional groups attached to an aromatic ring is 1. The number of rotatable bonds is 4. The summed E-state index contributed by atoms with van der Waals surface area (Å²) < 4.78 is 0. The van der Waals surface area contributed by atoms with Crippen molar-refractivity contribution in [3.63, 3.8) is 0 Å². The van der Waals surface area contributed by atoms with Crippen molar-refractivity contribution >= 4 is 22.4 Å². The number of hydrogen-bond donors (Lipinski definition) is 3. The first kappa shape index (κ1) is 13.4. The molecule has 0 radical (unpaired) electrons. The summed E-state index contributed by atoms with van der Waals surface area (Å²) in [6, 6.07) is 11.1.